The maximum absolute atomic E-state index is 9.94. The molecular formula is C14H14N4O. The zero-order valence-corrected chi connectivity index (χ0v) is 10.3. The van der Waals surface area contributed by atoms with E-state index in [9.17, 15) is 5.11 Å². The molecule has 5 nitrogen and oxygen atoms in total. The summed E-state index contributed by atoms with van der Waals surface area (Å²) in [5, 5.41) is 24.1. The number of hydrogen-bond donors (Lipinski definition) is 2. The second kappa shape index (κ2) is 4.78. The Hall–Kier alpha value is -2.27. The Balaban J connectivity index is 2.11. The van der Waals surface area contributed by atoms with Crippen LogP contribution in [0.15, 0.2) is 54.6 Å². The third kappa shape index (κ3) is 1.88. The lowest BCUT2D eigenvalue weighted by Gasteiger charge is -2.34. The molecule has 0 unspecified atom stereocenters. The number of aliphatic hydroxyl groups is 1. The average Bonchev–Trinajstić information content (AvgIpc) is 3.03. The Morgan fingerprint density at radius 2 is 2.05 bits per heavy atom. The highest BCUT2D eigenvalue weighted by Crippen LogP contribution is 2.41. The van der Waals surface area contributed by atoms with Crippen molar-refractivity contribution in [1.29, 1.82) is 0 Å². The quantitative estimate of drug-likeness (QED) is 0.866. The SMILES string of the molecule is OC[C@@]1(c2nn[nH]n2)C=CC=C[C@@H]1c1ccccc1. The van der Waals surface area contributed by atoms with Crippen molar-refractivity contribution >= 4 is 0 Å². The van der Waals surface area contributed by atoms with E-state index < -0.39 is 5.41 Å². The topological polar surface area (TPSA) is 74.7 Å². The maximum Gasteiger partial charge on any atom is 0.187 e. The summed E-state index contributed by atoms with van der Waals surface area (Å²) in [5.41, 5.74) is 0.449. The van der Waals surface area contributed by atoms with E-state index in [1.807, 2.05) is 48.6 Å². The predicted molar refractivity (Wildman–Crippen MR) is 70.4 cm³/mol. The average molecular weight is 254 g/mol. The first-order valence-electron chi connectivity index (χ1n) is 6.12. The van der Waals surface area contributed by atoms with Crippen molar-refractivity contribution in [2.24, 2.45) is 0 Å². The van der Waals surface area contributed by atoms with Gasteiger partial charge < -0.3 is 5.11 Å². The zero-order chi connectivity index (χ0) is 13.1. The van der Waals surface area contributed by atoms with Crippen LogP contribution in [-0.2, 0) is 5.41 Å². The fraction of sp³-hybridized carbons (Fsp3) is 0.214. The number of tetrazole rings is 1. The first-order valence-corrected chi connectivity index (χ1v) is 6.12. The van der Waals surface area contributed by atoms with Crippen molar-refractivity contribution < 1.29 is 5.11 Å². The molecular weight excluding hydrogens is 240 g/mol. The van der Waals surface area contributed by atoms with E-state index in [1.54, 1.807) is 0 Å². The molecule has 2 atom stereocenters. The minimum atomic E-state index is -0.664. The molecule has 0 aliphatic heterocycles. The molecule has 96 valence electrons. The van der Waals surface area contributed by atoms with Crippen molar-refractivity contribution in [1.82, 2.24) is 20.6 Å². The molecule has 1 aliphatic rings. The van der Waals surface area contributed by atoms with E-state index in [-0.39, 0.29) is 12.5 Å². The molecule has 3 rings (SSSR count). The van der Waals surface area contributed by atoms with E-state index in [0.29, 0.717) is 5.82 Å². The molecule has 0 amide bonds. The van der Waals surface area contributed by atoms with Gasteiger partial charge in [-0.2, -0.15) is 5.21 Å². The highest BCUT2D eigenvalue weighted by Gasteiger charge is 2.42. The van der Waals surface area contributed by atoms with Crippen LogP contribution in [0.1, 0.15) is 17.3 Å². The summed E-state index contributed by atoms with van der Waals surface area (Å²) < 4.78 is 0. The standard InChI is InChI=1S/C14H14N4O/c19-10-14(13-15-17-18-16-13)9-5-4-8-12(14)11-6-2-1-3-7-11/h1-9,12,19H,10H2,(H,15,16,17,18)/t12-,14+/m1/s1. The number of nitrogens with one attached hydrogen (secondary N) is 1. The second-order valence-electron chi connectivity index (χ2n) is 4.57. The molecule has 0 fully saturated rings. The van der Waals surface area contributed by atoms with Gasteiger partial charge in [0.2, 0.25) is 0 Å². The lowest BCUT2D eigenvalue weighted by molar-refractivity contribution is 0.205. The van der Waals surface area contributed by atoms with Crippen LogP contribution in [0.25, 0.3) is 0 Å². The molecule has 1 aliphatic carbocycles. The van der Waals surface area contributed by atoms with Crippen LogP contribution in [0.4, 0.5) is 0 Å². The summed E-state index contributed by atoms with van der Waals surface area (Å²) in [6.07, 6.45) is 7.88. The van der Waals surface area contributed by atoms with Crippen LogP contribution in [0.5, 0.6) is 0 Å². The number of aromatic amines is 1. The minimum absolute atomic E-state index is 0.0127. The minimum Gasteiger partial charge on any atom is -0.395 e. The molecule has 1 heterocycles. The molecule has 0 spiro atoms. The summed E-state index contributed by atoms with van der Waals surface area (Å²) in [5.74, 6) is 0.491. The largest absolute Gasteiger partial charge is 0.395 e. The second-order valence-corrected chi connectivity index (χ2v) is 4.57. The van der Waals surface area contributed by atoms with Gasteiger partial charge in [-0.25, -0.2) is 0 Å². The molecule has 0 saturated heterocycles. The highest BCUT2D eigenvalue weighted by molar-refractivity contribution is 5.40. The number of hydrogen-bond acceptors (Lipinski definition) is 4. The molecule has 0 radical (unpaired) electrons. The number of H-pyrrole nitrogens is 1. The summed E-state index contributed by atoms with van der Waals surface area (Å²) in [7, 11) is 0. The maximum atomic E-state index is 9.94. The molecule has 19 heavy (non-hydrogen) atoms. The van der Waals surface area contributed by atoms with Gasteiger partial charge in [0.1, 0.15) is 0 Å². The van der Waals surface area contributed by atoms with Crippen LogP contribution < -0.4 is 0 Å². The van der Waals surface area contributed by atoms with Gasteiger partial charge in [-0.05, 0) is 5.56 Å². The Kier molecular flexibility index (Phi) is 2.97. The van der Waals surface area contributed by atoms with Gasteiger partial charge in [0.15, 0.2) is 5.82 Å². The molecule has 1 aromatic carbocycles. The fourth-order valence-electron chi connectivity index (χ4n) is 2.54. The third-order valence-corrected chi connectivity index (χ3v) is 3.55. The Morgan fingerprint density at radius 1 is 1.21 bits per heavy atom. The van der Waals surface area contributed by atoms with Gasteiger partial charge in [-0.1, -0.05) is 59.8 Å². The molecule has 1 aromatic heterocycles. The summed E-state index contributed by atoms with van der Waals surface area (Å²) in [4.78, 5) is 0. The van der Waals surface area contributed by atoms with Gasteiger partial charge in [0.05, 0.1) is 12.0 Å². The molecule has 0 saturated carbocycles. The first-order chi connectivity index (χ1) is 9.37. The highest BCUT2D eigenvalue weighted by atomic mass is 16.3. The number of nitrogens with zero attached hydrogens (tertiary/aromatic N) is 3. The van der Waals surface area contributed by atoms with Crippen molar-refractivity contribution in [2.75, 3.05) is 6.61 Å². The van der Waals surface area contributed by atoms with Crippen LogP contribution in [0.3, 0.4) is 0 Å². The summed E-state index contributed by atoms with van der Waals surface area (Å²) in [6.45, 7) is -0.0765. The van der Waals surface area contributed by atoms with Crippen LogP contribution in [0.2, 0.25) is 0 Å². The molecule has 2 aromatic rings. The van der Waals surface area contributed by atoms with Gasteiger partial charge in [0, 0.05) is 5.92 Å². The number of rotatable bonds is 3. The van der Waals surface area contributed by atoms with Gasteiger partial charge >= 0.3 is 0 Å². The van der Waals surface area contributed by atoms with Crippen molar-refractivity contribution in [2.45, 2.75) is 11.3 Å². The van der Waals surface area contributed by atoms with Crippen LogP contribution >= 0.6 is 0 Å². The van der Waals surface area contributed by atoms with E-state index in [0.717, 1.165) is 5.56 Å². The summed E-state index contributed by atoms with van der Waals surface area (Å²) in [6, 6.07) is 10.0. The molecule has 0 bridgehead atoms. The van der Waals surface area contributed by atoms with Gasteiger partial charge in [-0.15, -0.1) is 10.2 Å². The van der Waals surface area contributed by atoms with Gasteiger partial charge in [-0.3, -0.25) is 0 Å². The van der Waals surface area contributed by atoms with Crippen molar-refractivity contribution in [3.63, 3.8) is 0 Å². The van der Waals surface area contributed by atoms with Gasteiger partial charge in [0.25, 0.3) is 0 Å². The third-order valence-electron chi connectivity index (χ3n) is 3.55. The predicted octanol–water partition coefficient (Wildman–Crippen LogP) is 1.34. The lowest BCUT2D eigenvalue weighted by Crippen LogP contribution is -2.37. The zero-order valence-electron chi connectivity index (χ0n) is 10.3. The van der Waals surface area contributed by atoms with Crippen LogP contribution in [-0.4, -0.2) is 32.3 Å². The Labute approximate surface area is 110 Å². The number of aliphatic hydroxyl groups excluding tert-OH is 1. The van der Waals surface area contributed by atoms with E-state index >= 15 is 0 Å². The van der Waals surface area contributed by atoms with Crippen molar-refractivity contribution in [3.05, 3.63) is 66.0 Å². The summed E-state index contributed by atoms with van der Waals surface area (Å²) >= 11 is 0. The number of aromatic nitrogens is 4. The van der Waals surface area contributed by atoms with E-state index in [1.165, 1.54) is 0 Å². The molecule has 5 heteroatoms. The Morgan fingerprint density at radius 3 is 2.74 bits per heavy atom. The first kappa shape index (κ1) is 11.8. The van der Waals surface area contributed by atoms with Crippen LogP contribution in [0, 0.1) is 0 Å². The number of allylic oxidation sites excluding steroid dienone is 3. The Bertz CT molecular complexity index is 591. The normalized spacial score (nSPS) is 25.6. The lowest BCUT2D eigenvalue weighted by atomic mass is 9.69. The van der Waals surface area contributed by atoms with E-state index in [4.69, 9.17) is 0 Å². The number of benzene rings is 1. The smallest absolute Gasteiger partial charge is 0.187 e. The monoisotopic (exact) mass is 254 g/mol. The molecule has 2 N–H and O–H groups in total. The fourth-order valence-corrected chi connectivity index (χ4v) is 2.54. The van der Waals surface area contributed by atoms with E-state index in [2.05, 4.69) is 26.7 Å². The van der Waals surface area contributed by atoms with Crippen molar-refractivity contribution in [3.8, 4) is 0 Å².